The second kappa shape index (κ2) is 12.4. The van der Waals surface area contributed by atoms with Gasteiger partial charge in [-0.15, -0.1) is 0 Å². The minimum atomic E-state index is -0.627. The first-order valence-electron chi connectivity index (χ1n) is 11.7. The molecule has 0 saturated carbocycles. The molecule has 1 atom stereocenters. The highest BCUT2D eigenvalue weighted by Gasteiger charge is 2.21. The Morgan fingerprint density at radius 2 is 2.00 bits per heavy atom. The lowest BCUT2D eigenvalue weighted by atomic mass is 10.0. The van der Waals surface area contributed by atoms with Crippen LogP contribution in [0.4, 0.5) is 11.5 Å². The van der Waals surface area contributed by atoms with Gasteiger partial charge in [-0.3, -0.25) is 0 Å². The maximum Gasteiger partial charge on any atom is 0.138 e. The van der Waals surface area contributed by atoms with E-state index in [2.05, 4.69) is 16.0 Å². The molecule has 3 rings (SSSR count). The molecule has 9 heteroatoms. The van der Waals surface area contributed by atoms with Gasteiger partial charge in [0.05, 0.1) is 11.3 Å². The molecule has 1 unspecified atom stereocenters. The Kier molecular flexibility index (Phi) is 9.53. The van der Waals surface area contributed by atoms with Gasteiger partial charge < -0.3 is 35.9 Å². The van der Waals surface area contributed by atoms with Crippen molar-refractivity contribution in [3.8, 4) is 17.0 Å². The predicted octanol–water partition coefficient (Wildman–Crippen LogP) is 4.16. The van der Waals surface area contributed by atoms with Crippen molar-refractivity contribution < 1.29 is 14.6 Å². The van der Waals surface area contributed by atoms with Crippen LogP contribution >= 0.6 is 11.6 Å². The summed E-state index contributed by atoms with van der Waals surface area (Å²) in [5.41, 5.74) is 3.56. The van der Waals surface area contributed by atoms with Crippen LogP contribution in [0.3, 0.4) is 0 Å². The van der Waals surface area contributed by atoms with Crippen LogP contribution in [0, 0.1) is 5.41 Å². The fourth-order valence-electron chi connectivity index (χ4n) is 3.91. The molecule has 1 saturated heterocycles. The van der Waals surface area contributed by atoms with Crippen molar-refractivity contribution >= 4 is 28.8 Å². The molecule has 5 N–H and O–H groups in total. The maximum absolute atomic E-state index is 9.98. The number of rotatable bonds is 11. The van der Waals surface area contributed by atoms with Crippen LogP contribution in [0.25, 0.3) is 11.3 Å². The lowest BCUT2D eigenvalue weighted by Gasteiger charge is -2.27. The average Bonchev–Trinajstić information content (AvgIpc) is 2.77. The normalized spacial score (nSPS) is 15.3. The van der Waals surface area contributed by atoms with E-state index in [4.69, 9.17) is 31.5 Å². The summed E-state index contributed by atoms with van der Waals surface area (Å²) in [4.78, 5) is 4.87. The number of benzene rings is 1. The molecule has 0 amide bonds. The van der Waals surface area contributed by atoms with Crippen LogP contribution in [-0.2, 0) is 4.74 Å². The van der Waals surface area contributed by atoms with Crippen molar-refractivity contribution in [2.24, 2.45) is 0 Å². The van der Waals surface area contributed by atoms with Crippen molar-refractivity contribution in [2.75, 3.05) is 44.0 Å². The van der Waals surface area contributed by atoms with Crippen LogP contribution in [0.5, 0.6) is 5.75 Å². The summed E-state index contributed by atoms with van der Waals surface area (Å²) in [5.74, 6) is 1.21. The quantitative estimate of drug-likeness (QED) is 0.301. The van der Waals surface area contributed by atoms with E-state index in [0.29, 0.717) is 34.5 Å². The van der Waals surface area contributed by atoms with Crippen LogP contribution in [0.15, 0.2) is 24.3 Å². The number of hydrogen-bond donors (Lipinski definition) is 5. The summed E-state index contributed by atoms with van der Waals surface area (Å²) in [6, 6.07) is 7.81. The monoisotopic (exact) mass is 489 g/mol. The Balaban J connectivity index is 2.01. The van der Waals surface area contributed by atoms with Crippen LogP contribution in [-0.4, -0.2) is 67.4 Å². The minimum absolute atomic E-state index is 0.142. The summed E-state index contributed by atoms with van der Waals surface area (Å²) in [5, 5.41) is 28.9. The Labute approximate surface area is 206 Å². The van der Waals surface area contributed by atoms with Gasteiger partial charge in [-0.25, -0.2) is 4.98 Å². The van der Waals surface area contributed by atoms with E-state index in [9.17, 15) is 5.11 Å². The third kappa shape index (κ3) is 7.30. The van der Waals surface area contributed by atoms with Crippen LogP contribution in [0.2, 0.25) is 5.02 Å². The second-order valence-electron chi connectivity index (χ2n) is 8.93. The van der Waals surface area contributed by atoms with Gasteiger partial charge in [-0.1, -0.05) is 11.6 Å². The SMILES string of the molecule is CNCC(O)COc1cc(Cl)cc(-c2cc(NC3CCOCC3)c(C(C)=N)c(NC(C)C)n2)c1. The Morgan fingerprint density at radius 1 is 1.26 bits per heavy atom. The molecule has 2 heterocycles. The summed E-state index contributed by atoms with van der Waals surface area (Å²) >= 11 is 6.42. The molecule has 0 spiro atoms. The van der Waals surface area contributed by atoms with Gasteiger partial charge in [0, 0.05) is 53.8 Å². The highest BCUT2D eigenvalue weighted by Crippen LogP contribution is 2.34. The zero-order valence-electron chi connectivity index (χ0n) is 20.4. The number of halogens is 1. The van der Waals surface area contributed by atoms with E-state index in [1.54, 1.807) is 20.0 Å². The predicted molar refractivity (Wildman–Crippen MR) is 139 cm³/mol. The fraction of sp³-hybridized carbons (Fsp3) is 0.520. The van der Waals surface area contributed by atoms with E-state index in [1.807, 2.05) is 32.0 Å². The minimum Gasteiger partial charge on any atom is -0.491 e. The fourth-order valence-corrected chi connectivity index (χ4v) is 4.13. The van der Waals surface area contributed by atoms with Gasteiger partial charge in [0.1, 0.15) is 24.3 Å². The zero-order valence-corrected chi connectivity index (χ0v) is 21.1. The number of ether oxygens (including phenoxy) is 2. The van der Waals surface area contributed by atoms with Gasteiger partial charge in [-0.05, 0) is 64.9 Å². The Bertz CT molecular complexity index is 979. The number of nitrogens with zero attached hydrogens (tertiary/aromatic N) is 1. The van der Waals surface area contributed by atoms with E-state index in [1.165, 1.54) is 0 Å². The van der Waals surface area contributed by atoms with Gasteiger partial charge >= 0.3 is 0 Å². The number of anilines is 2. The van der Waals surface area contributed by atoms with Gasteiger partial charge in [0.15, 0.2) is 0 Å². The maximum atomic E-state index is 9.98. The molecule has 0 radical (unpaired) electrons. The number of likely N-dealkylation sites (N-methyl/N-ethyl adjacent to an activating group) is 1. The van der Waals surface area contributed by atoms with Crippen molar-refractivity contribution in [2.45, 2.75) is 51.8 Å². The van der Waals surface area contributed by atoms with Crippen molar-refractivity contribution in [3.05, 3.63) is 34.9 Å². The van der Waals surface area contributed by atoms with Crippen molar-refractivity contribution in [3.63, 3.8) is 0 Å². The third-order valence-corrected chi connectivity index (χ3v) is 5.67. The molecule has 0 aliphatic carbocycles. The molecule has 0 bridgehead atoms. The molecular weight excluding hydrogens is 454 g/mol. The van der Waals surface area contributed by atoms with E-state index in [-0.39, 0.29) is 18.7 Å². The van der Waals surface area contributed by atoms with E-state index < -0.39 is 6.10 Å². The van der Waals surface area contributed by atoms with Crippen LogP contribution < -0.4 is 20.7 Å². The summed E-state index contributed by atoms with van der Waals surface area (Å²) in [6.07, 6.45) is 1.19. The third-order valence-electron chi connectivity index (χ3n) is 5.45. The lowest BCUT2D eigenvalue weighted by molar-refractivity contribution is 0.0904. The van der Waals surface area contributed by atoms with Gasteiger partial charge in [-0.2, -0.15) is 0 Å². The molecule has 34 heavy (non-hydrogen) atoms. The first-order chi connectivity index (χ1) is 16.3. The van der Waals surface area contributed by atoms with Gasteiger partial charge in [0.25, 0.3) is 0 Å². The zero-order chi connectivity index (χ0) is 24.7. The topological polar surface area (TPSA) is 112 Å². The van der Waals surface area contributed by atoms with Crippen LogP contribution in [0.1, 0.15) is 39.2 Å². The molecule has 2 aromatic rings. The van der Waals surface area contributed by atoms with Crippen molar-refractivity contribution in [1.82, 2.24) is 10.3 Å². The second-order valence-corrected chi connectivity index (χ2v) is 9.37. The standard InChI is InChI=1S/C25H36ClN5O3/c1-15(2)29-25-24(16(3)27)23(30-19-5-7-33-8-6-19)12-22(31-25)17-9-18(26)11-21(10-17)34-14-20(32)13-28-4/h9-12,15,19-20,27-28,32H,5-8,13-14H2,1-4H3,(H2,29,30,31). The highest BCUT2D eigenvalue weighted by molar-refractivity contribution is 6.31. The first-order valence-corrected chi connectivity index (χ1v) is 12.1. The summed E-state index contributed by atoms with van der Waals surface area (Å²) < 4.78 is 11.3. The average molecular weight is 490 g/mol. The molecule has 1 aliphatic rings. The van der Waals surface area contributed by atoms with E-state index in [0.717, 1.165) is 42.9 Å². The van der Waals surface area contributed by atoms with E-state index >= 15 is 0 Å². The number of aliphatic hydroxyl groups excluding tert-OH is 1. The number of aromatic nitrogens is 1. The molecule has 1 fully saturated rings. The largest absolute Gasteiger partial charge is 0.491 e. The highest BCUT2D eigenvalue weighted by atomic mass is 35.5. The van der Waals surface area contributed by atoms with Gasteiger partial charge in [0.2, 0.25) is 0 Å². The molecular formula is C25H36ClN5O3. The smallest absolute Gasteiger partial charge is 0.138 e. The molecule has 1 aromatic carbocycles. The number of pyridine rings is 1. The number of hydrogen-bond acceptors (Lipinski definition) is 8. The summed E-state index contributed by atoms with van der Waals surface area (Å²) in [7, 11) is 1.78. The lowest BCUT2D eigenvalue weighted by Crippen LogP contribution is -2.29. The molecule has 8 nitrogen and oxygen atoms in total. The van der Waals surface area contributed by atoms with Crippen molar-refractivity contribution in [1.29, 1.82) is 5.41 Å². The Morgan fingerprint density at radius 3 is 2.65 bits per heavy atom. The Hall–Kier alpha value is -2.39. The molecule has 1 aliphatic heterocycles. The first kappa shape index (κ1) is 26.2. The summed E-state index contributed by atoms with van der Waals surface area (Å²) in [6.45, 7) is 7.90. The molecule has 1 aromatic heterocycles. The molecule has 186 valence electrons. The number of aliphatic hydroxyl groups is 1. The number of nitrogens with one attached hydrogen (secondary N) is 4.